The maximum Gasteiger partial charge on any atom is 0.00643 e. The van der Waals surface area contributed by atoms with Gasteiger partial charge in [0.25, 0.3) is 0 Å². The summed E-state index contributed by atoms with van der Waals surface area (Å²) in [6.45, 7) is 8.48. The van der Waals surface area contributed by atoms with Crippen molar-refractivity contribution < 1.29 is 0 Å². The van der Waals surface area contributed by atoms with Crippen molar-refractivity contribution in [2.75, 3.05) is 26.7 Å². The third-order valence-electron chi connectivity index (χ3n) is 3.67. The first-order valence-electron chi connectivity index (χ1n) is 6.16. The number of nitrogens with one attached hydrogen (secondary N) is 1. The van der Waals surface area contributed by atoms with Gasteiger partial charge in [-0.15, -0.1) is 0 Å². The van der Waals surface area contributed by atoms with E-state index in [9.17, 15) is 0 Å². The van der Waals surface area contributed by atoms with Crippen LogP contribution in [0.4, 0.5) is 0 Å². The van der Waals surface area contributed by atoms with Gasteiger partial charge >= 0.3 is 0 Å². The summed E-state index contributed by atoms with van der Waals surface area (Å²) in [5.74, 6) is 0.975. The van der Waals surface area contributed by atoms with Crippen molar-refractivity contribution in [2.24, 2.45) is 5.92 Å². The van der Waals surface area contributed by atoms with Crippen molar-refractivity contribution in [3.8, 4) is 0 Å². The first-order valence-corrected chi connectivity index (χ1v) is 6.16. The second-order valence-electron chi connectivity index (χ2n) is 4.63. The molecule has 0 aromatic rings. The summed E-state index contributed by atoms with van der Waals surface area (Å²) in [5.41, 5.74) is 0. The van der Waals surface area contributed by atoms with Gasteiger partial charge in [-0.05, 0) is 65.2 Å². The number of likely N-dealkylation sites (tertiary alicyclic amines) is 1. The van der Waals surface area contributed by atoms with E-state index in [1.165, 1.54) is 45.3 Å². The van der Waals surface area contributed by atoms with Crippen LogP contribution in [-0.4, -0.2) is 37.6 Å². The SMILES string of the molecule is CCC(C)N1CCC(CCNC)CC1. The third kappa shape index (κ3) is 3.58. The Morgan fingerprint density at radius 2 is 2.00 bits per heavy atom. The maximum atomic E-state index is 3.25. The summed E-state index contributed by atoms with van der Waals surface area (Å²) in [4.78, 5) is 2.65. The molecule has 1 fully saturated rings. The monoisotopic (exact) mass is 198 g/mol. The topological polar surface area (TPSA) is 15.3 Å². The van der Waals surface area contributed by atoms with E-state index in [0.29, 0.717) is 0 Å². The molecule has 1 heterocycles. The van der Waals surface area contributed by atoms with Crippen LogP contribution in [0.5, 0.6) is 0 Å². The lowest BCUT2D eigenvalue weighted by Crippen LogP contribution is -2.40. The molecule has 0 radical (unpaired) electrons. The van der Waals surface area contributed by atoms with E-state index < -0.39 is 0 Å². The highest BCUT2D eigenvalue weighted by Crippen LogP contribution is 2.21. The van der Waals surface area contributed by atoms with Gasteiger partial charge in [0.2, 0.25) is 0 Å². The average Bonchev–Trinajstić information content (AvgIpc) is 2.26. The molecule has 0 aliphatic carbocycles. The fourth-order valence-corrected chi connectivity index (χ4v) is 2.29. The minimum Gasteiger partial charge on any atom is -0.320 e. The van der Waals surface area contributed by atoms with Crippen molar-refractivity contribution in [2.45, 2.75) is 45.6 Å². The van der Waals surface area contributed by atoms with Crippen LogP contribution >= 0.6 is 0 Å². The molecule has 2 nitrogen and oxygen atoms in total. The molecule has 1 aliphatic rings. The van der Waals surface area contributed by atoms with Crippen LogP contribution in [-0.2, 0) is 0 Å². The summed E-state index contributed by atoms with van der Waals surface area (Å²) in [7, 11) is 2.05. The van der Waals surface area contributed by atoms with Crippen LogP contribution in [0, 0.1) is 5.92 Å². The van der Waals surface area contributed by atoms with Gasteiger partial charge in [0.1, 0.15) is 0 Å². The molecule has 84 valence electrons. The standard InChI is InChI=1S/C12H26N2/c1-4-11(2)14-9-6-12(7-10-14)5-8-13-3/h11-13H,4-10H2,1-3H3. The molecule has 1 saturated heterocycles. The van der Waals surface area contributed by atoms with E-state index in [2.05, 4.69) is 24.1 Å². The lowest BCUT2D eigenvalue weighted by molar-refractivity contribution is 0.135. The molecule has 0 amide bonds. The molecule has 0 aromatic heterocycles. The predicted octanol–water partition coefficient (Wildman–Crippen LogP) is 2.11. The van der Waals surface area contributed by atoms with Gasteiger partial charge in [-0.3, -0.25) is 0 Å². The summed E-state index contributed by atoms with van der Waals surface area (Å²) in [5, 5.41) is 3.25. The second kappa shape index (κ2) is 6.41. The van der Waals surface area contributed by atoms with Crippen LogP contribution in [0.25, 0.3) is 0 Å². The van der Waals surface area contributed by atoms with Crippen LogP contribution in [0.1, 0.15) is 39.5 Å². The minimum atomic E-state index is 0.792. The predicted molar refractivity (Wildman–Crippen MR) is 62.6 cm³/mol. The molecule has 1 unspecified atom stereocenters. The van der Waals surface area contributed by atoms with E-state index in [-0.39, 0.29) is 0 Å². The summed E-state index contributed by atoms with van der Waals surface area (Å²) < 4.78 is 0. The second-order valence-corrected chi connectivity index (χ2v) is 4.63. The summed E-state index contributed by atoms with van der Waals surface area (Å²) >= 11 is 0. The lowest BCUT2D eigenvalue weighted by atomic mass is 9.92. The van der Waals surface area contributed by atoms with Crippen molar-refractivity contribution in [3.63, 3.8) is 0 Å². The van der Waals surface area contributed by atoms with Gasteiger partial charge in [0.15, 0.2) is 0 Å². The first kappa shape index (κ1) is 12.0. The Labute approximate surface area is 89.1 Å². The molecular formula is C12H26N2. The fourth-order valence-electron chi connectivity index (χ4n) is 2.29. The zero-order valence-corrected chi connectivity index (χ0v) is 10.1. The summed E-state index contributed by atoms with van der Waals surface area (Å²) in [6.07, 6.45) is 5.48. The van der Waals surface area contributed by atoms with Crippen molar-refractivity contribution >= 4 is 0 Å². The highest BCUT2D eigenvalue weighted by molar-refractivity contribution is 4.75. The van der Waals surface area contributed by atoms with E-state index in [1.54, 1.807) is 0 Å². The molecule has 0 aromatic carbocycles. The Bertz CT molecular complexity index is 139. The van der Waals surface area contributed by atoms with Gasteiger partial charge in [-0.1, -0.05) is 6.92 Å². The Hall–Kier alpha value is -0.0800. The minimum absolute atomic E-state index is 0.792. The number of hydrogen-bond donors (Lipinski definition) is 1. The molecule has 0 bridgehead atoms. The van der Waals surface area contributed by atoms with Crippen LogP contribution in [0.3, 0.4) is 0 Å². The molecular weight excluding hydrogens is 172 g/mol. The third-order valence-corrected chi connectivity index (χ3v) is 3.67. The van der Waals surface area contributed by atoms with Gasteiger partial charge < -0.3 is 10.2 Å². The largest absolute Gasteiger partial charge is 0.320 e. The van der Waals surface area contributed by atoms with E-state index in [1.807, 2.05) is 7.05 Å². The Morgan fingerprint density at radius 1 is 1.36 bits per heavy atom. The van der Waals surface area contributed by atoms with Crippen LogP contribution in [0.15, 0.2) is 0 Å². The molecule has 1 atom stereocenters. The lowest BCUT2D eigenvalue weighted by Gasteiger charge is -2.35. The first-order chi connectivity index (χ1) is 6.77. The number of hydrogen-bond acceptors (Lipinski definition) is 2. The molecule has 0 saturated carbocycles. The van der Waals surface area contributed by atoms with Gasteiger partial charge in [-0.25, -0.2) is 0 Å². The van der Waals surface area contributed by atoms with Crippen molar-refractivity contribution in [1.29, 1.82) is 0 Å². The number of nitrogens with zero attached hydrogens (tertiary/aromatic N) is 1. The van der Waals surface area contributed by atoms with Crippen LogP contribution < -0.4 is 5.32 Å². The van der Waals surface area contributed by atoms with Crippen LogP contribution in [0.2, 0.25) is 0 Å². The average molecular weight is 198 g/mol. The Morgan fingerprint density at radius 3 is 2.50 bits per heavy atom. The van der Waals surface area contributed by atoms with Gasteiger partial charge in [-0.2, -0.15) is 0 Å². The zero-order chi connectivity index (χ0) is 10.4. The number of piperidine rings is 1. The Kier molecular flexibility index (Phi) is 5.49. The molecule has 0 spiro atoms. The normalized spacial score (nSPS) is 22.5. The molecule has 14 heavy (non-hydrogen) atoms. The zero-order valence-electron chi connectivity index (χ0n) is 10.1. The smallest absolute Gasteiger partial charge is 0.00643 e. The van der Waals surface area contributed by atoms with Crippen molar-refractivity contribution in [3.05, 3.63) is 0 Å². The molecule has 1 aliphatic heterocycles. The summed E-state index contributed by atoms with van der Waals surface area (Å²) in [6, 6.07) is 0.792. The highest BCUT2D eigenvalue weighted by Gasteiger charge is 2.21. The Balaban J connectivity index is 2.17. The van der Waals surface area contributed by atoms with Gasteiger partial charge in [0, 0.05) is 6.04 Å². The van der Waals surface area contributed by atoms with E-state index in [4.69, 9.17) is 0 Å². The molecule has 2 heteroatoms. The van der Waals surface area contributed by atoms with Crippen molar-refractivity contribution in [1.82, 2.24) is 10.2 Å². The van der Waals surface area contributed by atoms with E-state index in [0.717, 1.165) is 12.0 Å². The van der Waals surface area contributed by atoms with E-state index >= 15 is 0 Å². The maximum absolute atomic E-state index is 3.25. The molecule has 1 N–H and O–H groups in total. The quantitative estimate of drug-likeness (QED) is 0.728. The van der Waals surface area contributed by atoms with Gasteiger partial charge in [0.05, 0.1) is 0 Å². The fraction of sp³-hybridized carbons (Fsp3) is 1.00. The highest BCUT2D eigenvalue weighted by atomic mass is 15.2. The molecule has 1 rings (SSSR count). The number of rotatable bonds is 5.